The van der Waals surface area contributed by atoms with Crippen LogP contribution in [-0.2, 0) is 0 Å². The minimum absolute atomic E-state index is 0.0184. The molecule has 0 spiro atoms. The van der Waals surface area contributed by atoms with Crippen molar-refractivity contribution in [2.45, 2.75) is 57.0 Å². The Bertz CT molecular complexity index is 1100. The van der Waals surface area contributed by atoms with E-state index in [1.807, 2.05) is 17.0 Å². The van der Waals surface area contributed by atoms with Crippen molar-refractivity contribution in [1.29, 1.82) is 0 Å². The highest BCUT2D eigenvalue weighted by Gasteiger charge is 2.27. The normalized spacial score (nSPS) is 21.5. The van der Waals surface area contributed by atoms with Crippen LogP contribution in [0.2, 0.25) is 0 Å². The Balaban J connectivity index is 1.27. The van der Waals surface area contributed by atoms with Crippen LogP contribution in [0.3, 0.4) is 0 Å². The Morgan fingerprint density at radius 3 is 2.84 bits per heavy atom. The largest absolute Gasteiger partial charge is 0.365 e. The van der Waals surface area contributed by atoms with Crippen LogP contribution in [-0.4, -0.2) is 61.3 Å². The van der Waals surface area contributed by atoms with Gasteiger partial charge in [-0.25, -0.2) is 24.1 Å². The number of H-pyrrole nitrogens is 1. The molecule has 1 unspecified atom stereocenters. The number of hydrogen-bond donors (Lipinski definition) is 3. The second-order valence-electron chi connectivity index (χ2n) is 8.56. The van der Waals surface area contributed by atoms with Crippen LogP contribution in [0, 0.1) is 5.82 Å². The first-order valence-corrected chi connectivity index (χ1v) is 11.3. The first-order chi connectivity index (χ1) is 15.7. The summed E-state index contributed by atoms with van der Waals surface area (Å²) in [7, 11) is 0. The maximum atomic E-state index is 14.5. The summed E-state index contributed by atoms with van der Waals surface area (Å²) in [5, 5.41) is 14.3. The lowest BCUT2D eigenvalue weighted by molar-refractivity contribution is 0.178. The summed E-state index contributed by atoms with van der Waals surface area (Å²) >= 11 is 0. The quantitative estimate of drug-likeness (QED) is 0.575. The van der Waals surface area contributed by atoms with Crippen molar-refractivity contribution in [1.82, 2.24) is 35.4 Å². The molecule has 0 radical (unpaired) electrons. The average Bonchev–Trinajstić information content (AvgIpc) is 3.26. The standard InChI is InChI=1S/C22H27FN8O/c23-17-13-25-21(18-16-8-5-9-24-19(16)30-29-18)28-20(17)26-14-6-4-7-15(12-14)27-22(32)31-10-2-1-3-11-31/h5,8-9,13-15H,1-4,6-7,10-12H2,(H,27,32)(H,24,29,30)(H,25,26,28)/t14?,15-/m1/s1. The fourth-order valence-corrected chi connectivity index (χ4v) is 4.62. The fourth-order valence-electron chi connectivity index (χ4n) is 4.62. The molecule has 3 aromatic rings. The van der Waals surface area contributed by atoms with Crippen molar-refractivity contribution >= 4 is 22.9 Å². The van der Waals surface area contributed by atoms with Crippen molar-refractivity contribution in [2.75, 3.05) is 18.4 Å². The number of rotatable bonds is 4. The van der Waals surface area contributed by atoms with Crippen LogP contribution in [0.15, 0.2) is 24.5 Å². The van der Waals surface area contributed by atoms with Crippen LogP contribution in [0.1, 0.15) is 44.9 Å². The second kappa shape index (κ2) is 9.05. The minimum atomic E-state index is -0.508. The minimum Gasteiger partial charge on any atom is -0.365 e. The molecular weight excluding hydrogens is 411 g/mol. The molecule has 2 aliphatic rings. The summed E-state index contributed by atoms with van der Waals surface area (Å²) in [5.74, 6) is -0.0202. The topological polar surface area (TPSA) is 112 Å². The highest BCUT2D eigenvalue weighted by atomic mass is 19.1. The van der Waals surface area contributed by atoms with E-state index in [-0.39, 0.29) is 23.9 Å². The Hall–Kier alpha value is -3.30. The number of halogens is 1. The first-order valence-electron chi connectivity index (χ1n) is 11.3. The SMILES string of the molecule is O=C(N[C@@H]1CCCC(Nc2nc(-c3n[nH]c4ncccc34)ncc2F)C1)N1CCCCC1. The Labute approximate surface area is 185 Å². The third-order valence-electron chi connectivity index (χ3n) is 6.28. The number of carbonyl (C=O) groups is 1. The molecule has 10 heteroatoms. The molecule has 32 heavy (non-hydrogen) atoms. The highest BCUT2D eigenvalue weighted by molar-refractivity contribution is 5.88. The zero-order valence-corrected chi connectivity index (χ0v) is 17.9. The lowest BCUT2D eigenvalue weighted by atomic mass is 9.91. The molecule has 5 rings (SSSR count). The number of piperidine rings is 1. The highest BCUT2D eigenvalue weighted by Crippen LogP contribution is 2.26. The van der Waals surface area contributed by atoms with Crippen molar-refractivity contribution in [3.63, 3.8) is 0 Å². The zero-order valence-electron chi connectivity index (χ0n) is 17.9. The van der Waals surface area contributed by atoms with E-state index in [0.717, 1.165) is 57.0 Å². The van der Waals surface area contributed by atoms with Crippen LogP contribution in [0.25, 0.3) is 22.6 Å². The summed E-state index contributed by atoms with van der Waals surface area (Å²) in [6.45, 7) is 1.65. The fraction of sp³-hybridized carbons (Fsp3) is 0.500. The van der Waals surface area contributed by atoms with Gasteiger partial charge in [0.2, 0.25) is 0 Å². The molecule has 2 fully saturated rings. The maximum Gasteiger partial charge on any atom is 0.317 e. The number of likely N-dealkylation sites (tertiary alicyclic amines) is 1. The summed E-state index contributed by atoms with van der Waals surface area (Å²) in [6, 6.07) is 3.79. The molecule has 2 atom stereocenters. The Morgan fingerprint density at radius 1 is 1.12 bits per heavy atom. The van der Waals surface area contributed by atoms with E-state index in [1.165, 1.54) is 12.6 Å². The number of fused-ring (bicyclic) bond motifs is 1. The number of hydrogen-bond acceptors (Lipinski definition) is 6. The van der Waals surface area contributed by atoms with Gasteiger partial charge in [0.05, 0.1) is 11.6 Å². The lowest BCUT2D eigenvalue weighted by Gasteiger charge is -2.33. The summed E-state index contributed by atoms with van der Waals surface area (Å²) in [4.78, 5) is 27.2. The smallest absolute Gasteiger partial charge is 0.317 e. The van der Waals surface area contributed by atoms with Crippen LogP contribution < -0.4 is 10.6 Å². The van der Waals surface area contributed by atoms with Gasteiger partial charge in [-0.05, 0) is 57.1 Å². The van der Waals surface area contributed by atoms with Gasteiger partial charge in [-0.3, -0.25) is 5.10 Å². The van der Waals surface area contributed by atoms with Gasteiger partial charge in [0.25, 0.3) is 0 Å². The molecule has 1 aliphatic heterocycles. The average molecular weight is 439 g/mol. The predicted molar refractivity (Wildman–Crippen MR) is 118 cm³/mol. The summed E-state index contributed by atoms with van der Waals surface area (Å²) in [6.07, 6.45) is 9.68. The number of nitrogens with one attached hydrogen (secondary N) is 3. The number of carbonyl (C=O) groups excluding carboxylic acids is 1. The summed E-state index contributed by atoms with van der Waals surface area (Å²) < 4.78 is 14.5. The second-order valence-corrected chi connectivity index (χ2v) is 8.56. The van der Waals surface area contributed by atoms with Crippen molar-refractivity contribution < 1.29 is 9.18 Å². The molecule has 2 amide bonds. The van der Waals surface area contributed by atoms with Gasteiger partial charge in [-0.1, -0.05) is 0 Å². The van der Waals surface area contributed by atoms with Gasteiger partial charge in [0.1, 0.15) is 5.69 Å². The molecule has 0 bridgehead atoms. The molecule has 3 aromatic heterocycles. The van der Waals surface area contributed by atoms with E-state index < -0.39 is 5.82 Å². The van der Waals surface area contributed by atoms with Gasteiger partial charge in [-0.15, -0.1) is 0 Å². The zero-order chi connectivity index (χ0) is 21.9. The first kappa shape index (κ1) is 20.6. The van der Waals surface area contributed by atoms with E-state index in [0.29, 0.717) is 17.2 Å². The molecule has 3 N–H and O–H groups in total. The number of aromatic nitrogens is 5. The number of anilines is 1. The third kappa shape index (κ3) is 4.35. The van der Waals surface area contributed by atoms with E-state index in [2.05, 4.69) is 35.8 Å². The van der Waals surface area contributed by atoms with E-state index in [4.69, 9.17) is 0 Å². The number of nitrogens with zero attached hydrogens (tertiary/aromatic N) is 5. The number of aromatic amines is 1. The molecule has 0 aromatic carbocycles. The van der Waals surface area contributed by atoms with Gasteiger partial charge in [0.15, 0.2) is 23.1 Å². The third-order valence-corrected chi connectivity index (χ3v) is 6.28. The van der Waals surface area contributed by atoms with Gasteiger partial charge >= 0.3 is 6.03 Å². The van der Waals surface area contributed by atoms with Crippen LogP contribution in [0.5, 0.6) is 0 Å². The lowest BCUT2D eigenvalue weighted by Crippen LogP contribution is -2.49. The van der Waals surface area contributed by atoms with E-state index in [9.17, 15) is 9.18 Å². The molecular formula is C22H27FN8O. The van der Waals surface area contributed by atoms with Gasteiger partial charge in [0, 0.05) is 31.4 Å². The van der Waals surface area contributed by atoms with Gasteiger partial charge in [-0.2, -0.15) is 5.10 Å². The predicted octanol–water partition coefficient (Wildman–Crippen LogP) is 3.47. The molecule has 1 saturated heterocycles. The van der Waals surface area contributed by atoms with Crippen LogP contribution in [0.4, 0.5) is 15.0 Å². The number of pyridine rings is 1. The van der Waals surface area contributed by atoms with E-state index in [1.54, 1.807) is 6.20 Å². The van der Waals surface area contributed by atoms with Gasteiger partial charge < -0.3 is 15.5 Å². The van der Waals surface area contributed by atoms with Crippen molar-refractivity contribution in [2.24, 2.45) is 0 Å². The molecule has 9 nitrogen and oxygen atoms in total. The maximum absolute atomic E-state index is 14.5. The van der Waals surface area contributed by atoms with Crippen LogP contribution >= 0.6 is 0 Å². The molecule has 4 heterocycles. The summed E-state index contributed by atoms with van der Waals surface area (Å²) in [5.41, 5.74) is 1.16. The van der Waals surface area contributed by atoms with Crippen molar-refractivity contribution in [3.05, 3.63) is 30.3 Å². The van der Waals surface area contributed by atoms with E-state index >= 15 is 0 Å². The Kier molecular flexibility index (Phi) is 5.83. The molecule has 168 valence electrons. The molecule has 1 saturated carbocycles. The monoisotopic (exact) mass is 438 g/mol. The van der Waals surface area contributed by atoms with Crippen molar-refractivity contribution in [3.8, 4) is 11.5 Å². The number of amides is 2. The molecule has 1 aliphatic carbocycles. The Morgan fingerprint density at radius 2 is 1.97 bits per heavy atom. The number of urea groups is 1.